The summed E-state index contributed by atoms with van der Waals surface area (Å²) >= 11 is 0. The molecule has 2 heterocycles. The largest absolute Gasteiger partial charge is 0.408 e. The first-order valence-corrected chi connectivity index (χ1v) is 9.02. The second-order valence-electron chi connectivity index (χ2n) is 5.54. The highest BCUT2D eigenvalue weighted by atomic mass is 32.2. The molecule has 8 heteroatoms. The molecular weight excluding hydrogens is 318 g/mol. The van der Waals surface area contributed by atoms with Gasteiger partial charge >= 0.3 is 5.22 Å². The molecule has 1 fully saturated rings. The normalized spacial score (nSPS) is 15.1. The molecule has 1 aliphatic heterocycles. The van der Waals surface area contributed by atoms with Gasteiger partial charge in [0, 0.05) is 18.7 Å². The Morgan fingerprint density at radius 1 is 1.22 bits per heavy atom. The van der Waals surface area contributed by atoms with E-state index in [2.05, 4.69) is 10.2 Å². The lowest BCUT2D eigenvalue weighted by Gasteiger charge is -2.13. The van der Waals surface area contributed by atoms with Crippen molar-refractivity contribution < 1.29 is 17.6 Å². The lowest BCUT2D eigenvalue weighted by Crippen LogP contribution is -2.33. The lowest BCUT2D eigenvalue weighted by atomic mass is 10.1. The van der Waals surface area contributed by atoms with Crippen LogP contribution in [0.15, 0.2) is 33.9 Å². The quantitative estimate of drug-likeness (QED) is 0.839. The van der Waals surface area contributed by atoms with Crippen LogP contribution in [-0.2, 0) is 14.6 Å². The van der Waals surface area contributed by atoms with Crippen LogP contribution < -0.4 is 0 Å². The molecule has 23 heavy (non-hydrogen) atoms. The van der Waals surface area contributed by atoms with Crippen LogP contribution in [0.25, 0.3) is 11.5 Å². The average Bonchev–Trinajstić information content (AvgIpc) is 3.19. The predicted molar refractivity (Wildman–Crippen MR) is 82.3 cm³/mol. The maximum atomic E-state index is 12.3. The SMILES string of the molecule is Cc1ccccc1-c1nnc(S(=O)(=O)CC(=O)N2CCCC2)o1. The Morgan fingerprint density at radius 3 is 2.61 bits per heavy atom. The van der Waals surface area contributed by atoms with Gasteiger partial charge in [0.25, 0.3) is 0 Å². The molecule has 3 rings (SSSR count). The van der Waals surface area contributed by atoms with Gasteiger partial charge in [0.1, 0.15) is 5.75 Å². The molecule has 1 saturated heterocycles. The van der Waals surface area contributed by atoms with Crippen LogP contribution in [0.1, 0.15) is 18.4 Å². The van der Waals surface area contributed by atoms with Gasteiger partial charge in [-0.15, -0.1) is 5.10 Å². The van der Waals surface area contributed by atoms with Crippen molar-refractivity contribution in [1.82, 2.24) is 15.1 Å². The summed E-state index contributed by atoms with van der Waals surface area (Å²) in [4.78, 5) is 13.6. The summed E-state index contributed by atoms with van der Waals surface area (Å²) in [6.45, 7) is 3.07. The summed E-state index contributed by atoms with van der Waals surface area (Å²) in [5.41, 5.74) is 1.57. The molecule has 0 aliphatic carbocycles. The summed E-state index contributed by atoms with van der Waals surface area (Å²) in [5.74, 6) is -0.920. The topological polar surface area (TPSA) is 93.4 Å². The fourth-order valence-electron chi connectivity index (χ4n) is 2.54. The van der Waals surface area contributed by atoms with Crippen molar-refractivity contribution in [3.63, 3.8) is 0 Å². The fourth-order valence-corrected chi connectivity index (χ4v) is 3.54. The number of carbonyl (C=O) groups is 1. The molecule has 0 atom stereocenters. The Bertz CT molecular complexity index is 823. The van der Waals surface area contributed by atoms with Crippen molar-refractivity contribution in [2.45, 2.75) is 25.0 Å². The van der Waals surface area contributed by atoms with Gasteiger partial charge in [0.15, 0.2) is 0 Å². The van der Waals surface area contributed by atoms with E-state index in [1.165, 1.54) is 0 Å². The summed E-state index contributed by atoms with van der Waals surface area (Å²) < 4.78 is 29.9. The van der Waals surface area contributed by atoms with Crippen LogP contribution >= 0.6 is 0 Å². The van der Waals surface area contributed by atoms with E-state index in [4.69, 9.17) is 4.42 Å². The number of hydrogen-bond acceptors (Lipinski definition) is 6. The van der Waals surface area contributed by atoms with Gasteiger partial charge < -0.3 is 9.32 Å². The van der Waals surface area contributed by atoms with Crippen LogP contribution in [0.4, 0.5) is 0 Å². The van der Waals surface area contributed by atoms with E-state index >= 15 is 0 Å². The number of sulfone groups is 1. The van der Waals surface area contributed by atoms with Gasteiger partial charge in [-0.05, 0) is 31.4 Å². The Labute approximate surface area is 134 Å². The zero-order valence-corrected chi connectivity index (χ0v) is 13.5. The van der Waals surface area contributed by atoms with Crippen LogP contribution in [0, 0.1) is 6.92 Å². The number of hydrogen-bond donors (Lipinski definition) is 0. The maximum absolute atomic E-state index is 12.3. The van der Waals surface area contributed by atoms with Gasteiger partial charge in [0.05, 0.1) is 0 Å². The summed E-state index contributed by atoms with van der Waals surface area (Å²) in [6.07, 6.45) is 1.81. The van der Waals surface area contributed by atoms with Gasteiger partial charge in [-0.25, -0.2) is 8.42 Å². The molecule has 1 aliphatic rings. The van der Waals surface area contributed by atoms with Crippen LogP contribution in [0.5, 0.6) is 0 Å². The van der Waals surface area contributed by atoms with Crippen LogP contribution in [-0.4, -0.2) is 48.3 Å². The van der Waals surface area contributed by atoms with Crippen molar-refractivity contribution in [3.8, 4) is 11.5 Å². The van der Waals surface area contributed by atoms with Crippen molar-refractivity contribution in [1.29, 1.82) is 0 Å². The van der Waals surface area contributed by atoms with E-state index < -0.39 is 26.7 Å². The highest BCUT2D eigenvalue weighted by molar-refractivity contribution is 7.91. The maximum Gasteiger partial charge on any atom is 0.336 e. The van der Waals surface area contributed by atoms with Crippen molar-refractivity contribution >= 4 is 15.7 Å². The molecule has 1 amide bonds. The minimum absolute atomic E-state index is 0.135. The number of amides is 1. The molecule has 122 valence electrons. The zero-order chi connectivity index (χ0) is 16.4. The first-order chi connectivity index (χ1) is 11.0. The summed E-state index contributed by atoms with van der Waals surface area (Å²) in [5, 5.41) is 6.90. The molecule has 1 aromatic carbocycles. The van der Waals surface area contributed by atoms with Gasteiger partial charge in [-0.2, -0.15) is 0 Å². The van der Waals surface area contributed by atoms with Crippen molar-refractivity contribution in [2.24, 2.45) is 0 Å². The van der Waals surface area contributed by atoms with Gasteiger partial charge in [-0.3, -0.25) is 4.79 Å². The standard InChI is InChI=1S/C15H17N3O4S/c1-11-6-2-3-7-12(11)14-16-17-15(22-14)23(20,21)10-13(19)18-8-4-5-9-18/h2-3,6-7H,4-5,8-10H2,1H3. The molecule has 1 aromatic heterocycles. The van der Waals surface area contributed by atoms with Crippen LogP contribution in [0.3, 0.4) is 0 Å². The predicted octanol–water partition coefficient (Wildman–Crippen LogP) is 1.44. The van der Waals surface area contributed by atoms with Gasteiger partial charge in [0.2, 0.25) is 21.6 Å². The van der Waals surface area contributed by atoms with E-state index in [-0.39, 0.29) is 5.89 Å². The zero-order valence-electron chi connectivity index (χ0n) is 12.7. The Kier molecular flexibility index (Phi) is 4.16. The van der Waals surface area contributed by atoms with Crippen molar-refractivity contribution in [2.75, 3.05) is 18.8 Å². The minimum atomic E-state index is -3.93. The van der Waals surface area contributed by atoms with E-state index in [0.717, 1.165) is 18.4 Å². The molecule has 0 radical (unpaired) electrons. The molecule has 2 aromatic rings. The second-order valence-corrected chi connectivity index (χ2v) is 7.40. The smallest absolute Gasteiger partial charge is 0.336 e. The van der Waals surface area contributed by atoms with E-state index in [1.807, 2.05) is 19.1 Å². The Balaban J connectivity index is 1.81. The number of benzene rings is 1. The molecule has 0 bridgehead atoms. The Morgan fingerprint density at radius 2 is 1.91 bits per heavy atom. The third kappa shape index (κ3) is 3.26. The molecule has 0 unspecified atom stereocenters. The van der Waals surface area contributed by atoms with E-state index in [9.17, 15) is 13.2 Å². The number of aromatic nitrogens is 2. The van der Waals surface area contributed by atoms with E-state index in [1.54, 1.807) is 17.0 Å². The monoisotopic (exact) mass is 335 g/mol. The number of nitrogens with zero attached hydrogens (tertiary/aromatic N) is 3. The highest BCUT2D eigenvalue weighted by Gasteiger charge is 2.29. The number of rotatable bonds is 4. The third-order valence-corrected chi connectivity index (χ3v) is 5.14. The first-order valence-electron chi connectivity index (χ1n) is 7.37. The fraction of sp³-hybridized carbons (Fsp3) is 0.400. The number of carbonyl (C=O) groups excluding carboxylic acids is 1. The summed E-state index contributed by atoms with van der Waals surface area (Å²) in [7, 11) is -3.93. The number of aryl methyl sites for hydroxylation is 1. The van der Waals surface area contributed by atoms with E-state index in [0.29, 0.717) is 18.7 Å². The van der Waals surface area contributed by atoms with Crippen LogP contribution in [0.2, 0.25) is 0 Å². The Hall–Kier alpha value is -2.22. The second kappa shape index (κ2) is 6.11. The molecule has 7 nitrogen and oxygen atoms in total. The number of likely N-dealkylation sites (tertiary alicyclic amines) is 1. The average molecular weight is 335 g/mol. The lowest BCUT2D eigenvalue weighted by molar-refractivity contribution is -0.127. The first kappa shape index (κ1) is 15.7. The molecular formula is C15H17N3O4S. The summed E-state index contributed by atoms with van der Waals surface area (Å²) in [6, 6.07) is 7.30. The third-order valence-electron chi connectivity index (χ3n) is 3.82. The molecule has 0 spiro atoms. The molecule has 0 N–H and O–H groups in total. The van der Waals surface area contributed by atoms with Gasteiger partial charge in [-0.1, -0.05) is 23.3 Å². The van der Waals surface area contributed by atoms with Crippen molar-refractivity contribution in [3.05, 3.63) is 29.8 Å². The highest BCUT2D eigenvalue weighted by Crippen LogP contribution is 2.23. The minimum Gasteiger partial charge on any atom is -0.408 e. The molecule has 0 saturated carbocycles.